The molecule has 0 unspecified atom stereocenters. The Morgan fingerprint density at radius 1 is 1.06 bits per heavy atom. The van der Waals surface area contributed by atoms with Gasteiger partial charge in [-0.1, -0.05) is 18.6 Å². The van der Waals surface area contributed by atoms with E-state index in [1.807, 2.05) is 24.5 Å². The fourth-order valence-corrected chi connectivity index (χ4v) is 4.93. The van der Waals surface area contributed by atoms with Crippen molar-refractivity contribution in [2.75, 3.05) is 25.0 Å². The van der Waals surface area contributed by atoms with Crippen LogP contribution < -0.4 is 5.32 Å². The fourth-order valence-electron chi connectivity index (χ4n) is 4.11. The highest BCUT2D eigenvalue weighted by Gasteiger charge is 2.24. The van der Waals surface area contributed by atoms with Gasteiger partial charge in [-0.3, -0.25) is 4.79 Å². The molecule has 0 spiro atoms. The first-order chi connectivity index (χ1) is 16.1. The second-order valence-electron chi connectivity index (χ2n) is 8.14. The number of rotatable bonds is 5. The third-order valence-electron chi connectivity index (χ3n) is 5.86. The van der Waals surface area contributed by atoms with Gasteiger partial charge in [0.1, 0.15) is 17.3 Å². The number of likely N-dealkylation sites (tertiary alicyclic amines) is 1. The zero-order valence-electron chi connectivity index (χ0n) is 17.9. The fraction of sp³-hybridized carbons (Fsp3) is 0.292. The molecule has 170 valence electrons. The van der Waals surface area contributed by atoms with Crippen LogP contribution in [-0.4, -0.2) is 45.2 Å². The van der Waals surface area contributed by atoms with E-state index in [4.69, 9.17) is 0 Å². The van der Waals surface area contributed by atoms with Crippen LogP contribution >= 0.6 is 11.8 Å². The van der Waals surface area contributed by atoms with Crippen molar-refractivity contribution in [1.29, 1.82) is 0 Å². The normalized spacial score (nSPS) is 18.3. The molecule has 0 radical (unpaired) electrons. The molecule has 6 nitrogen and oxygen atoms in total. The molecule has 2 aliphatic heterocycles. The topological polar surface area (TPSA) is 62.5 Å². The minimum absolute atomic E-state index is 0.142. The summed E-state index contributed by atoms with van der Waals surface area (Å²) in [6.45, 7) is 4.14. The van der Waals surface area contributed by atoms with Gasteiger partial charge in [-0.2, -0.15) is 4.99 Å². The Kier molecular flexibility index (Phi) is 6.24. The molecule has 1 N–H and O–H groups in total. The first-order valence-electron chi connectivity index (χ1n) is 11.0. The zero-order chi connectivity index (χ0) is 22.8. The summed E-state index contributed by atoms with van der Waals surface area (Å²) >= 11 is 1.05. The van der Waals surface area contributed by atoms with Gasteiger partial charge in [-0.15, -0.1) is 0 Å². The van der Waals surface area contributed by atoms with Crippen LogP contribution in [0.15, 0.2) is 52.6 Å². The maximum atomic E-state index is 13.9. The van der Waals surface area contributed by atoms with Crippen molar-refractivity contribution in [3.8, 4) is 0 Å². The predicted molar refractivity (Wildman–Crippen MR) is 128 cm³/mol. The van der Waals surface area contributed by atoms with E-state index >= 15 is 0 Å². The highest BCUT2D eigenvalue weighted by atomic mass is 32.2. The molecule has 1 fully saturated rings. The van der Waals surface area contributed by atoms with Crippen molar-refractivity contribution in [2.45, 2.75) is 25.8 Å². The number of thioether (sulfide) groups is 1. The average molecular weight is 468 g/mol. The Hall–Kier alpha value is -3.04. The summed E-state index contributed by atoms with van der Waals surface area (Å²) in [6.07, 6.45) is 7.43. The Balaban J connectivity index is 1.31. The lowest BCUT2D eigenvalue weighted by Gasteiger charge is -2.26. The van der Waals surface area contributed by atoms with Crippen LogP contribution in [0.2, 0.25) is 0 Å². The number of piperidine rings is 1. The molecular formula is C24H23F2N5OS. The summed E-state index contributed by atoms with van der Waals surface area (Å²) in [4.78, 5) is 23.6. The molecule has 0 bridgehead atoms. The number of carbonyl (C=O) groups excluding carboxylic acids is 1. The molecule has 33 heavy (non-hydrogen) atoms. The van der Waals surface area contributed by atoms with Gasteiger partial charge in [-0.05, 0) is 73.6 Å². The van der Waals surface area contributed by atoms with Gasteiger partial charge >= 0.3 is 0 Å². The monoisotopic (exact) mass is 467 g/mol. The van der Waals surface area contributed by atoms with E-state index in [-0.39, 0.29) is 10.9 Å². The predicted octanol–water partition coefficient (Wildman–Crippen LogP) is 4.88. The van der Waals surface area contributed by atoms with E-state index in [9.17, 15) is 13.6 Å². The number of nitrogens with zero attached hydrogens (tertiary/aromatic N) is 4. The van der Waals surface area contributed by atoms with E-state index in [0.29, 0.717) is 4.91 Å². The lowest BCUT2D eigenvalue weighted by Crippen LogP contribution is -2.32. The maximum absolute atomic E-state index is 13.9. The minimum Gasteiger partial charge on any atom is -0.329 e. The maximum Gasteiger partial charge on any atom is 0.286 e. The van der Waals surface area contributed by atoms with Crippen molar-refractivity contribution >= 4 is 45.6 Å². The molecule has 2 aliphatic rings. The molecule has 5 rings (SSSR count). The van der Waals surface area contributed by atoms with Crippen molar-refractivity contribution < 1.29 is 13.6 Å². The Morgan fingerprint density at radius 3 is 2.64 bits per heavy atom. The zero-order valence-corrected chi connectivity index (χ0v) is 18.7. The first kappa shape index (κ1) is 21.8. The van der Waals surface area contributed by atoms with Crippen LogP contribution in [0.5, 0.6) is 0 Å². The number of carbonyl (C=O) groups is 1. The molecule has 2 aromatic carbocycles. The van der Waals surface area contributed by atoms with Crippen LogP contribution in [-0.2, 0) is 11.3 Å². The van der Waals surface area contributed by atoms with Crippen LogP contribution in [0, 0.1) is 11.6 Å². The van der Waals surface area contributed by atoms with Crippen molar-refractivity contribution in [3.05, 3.63) is 64.8 Å². The van der Waals surface area contributed by atoms with Crippen LogP contribution in [0.25, 0.3) is 17.1 Å². The number of para-hydroxylation sites is 1. The summed E-state index contributed by atoms with van der Waals surface area (Å²) in [5.41, 5.74) is 2.42. The SMILES string of the molecule is O=C1N=C(Nc2c(F)cccc2F)S/C1=C\c1ccc2ncn(CCN3CCCCC3)c2c1. The second-order valence-corrected chi connectivity index (χ2v) is 9.17. The van der Waals surface area contributed by atoms with E-state index in [1.165, 1.54) is 25.3 Å². The number of amides is 1. The number of anilines is 1. The van der Waals surface area contributed by atoms with Gasteiger partial charge in [-0.25, -0.2) is 13.8 Å². The lowest BCUT2D eigenvalue weighted by atomic mass is 10.1. The molecular weight excluding hydrogens is 444 g/mol. The standard InChI is InChI=1S/C24H23F2N5OS/c25-17-5-4-6-18(26)22(17)28-24-29-23(32)21(33-24)14-16-7-8-19-20(13-16)31(15-27-19)12-11-30-9-2-1-3-10-30/h4-8,13-15H,1-3,9-12H2,(H,28,29,32)/b21-14-. The third-order valence-corrected chi connectivity index (χ3v) is 6.76. The lowest BCUT2D eigenvalue weighted by molar-refractivity contribution is -0.113. The molecule has 3 heterocycles. The molecule has 0 saturated carbocycles. The van der Waals surface area contributed by atoms with E-state index in [0.717, 1.165) is 66.7 Å². The molecule has 0 aliphatic carbocycles. The van der Waals surface area contributed by atoms with E-state index in [1.54, 1.807) is 6.08 Å². The highest BCUT2D eigenvalue weighted by molar-refractivity contribution is 8.18. The van der Waals surface area contributed by atoms with Crippen molar-refractivity contribution in [3.63, 3.8) is 0 Å². The molecule has 0 atom stereocenters. The number of benzene rings is 2. The summed E-state index contributed by atoms with van der Waals surface area (Å²) in [6, 6.07) is 9.40. The number of nitrogens with one attached hydrogen (secondary N) is 1. The summed E-state index contributed by atoms with van der Waals surface area (Å²) in [5, 5.41) is 2.73. The average Bonchev–Trinajstić information content (AvgIpc) is 3.38. The van der Waals surface area contributed by atoms with Gasteiger partial charge in [0.25, 0.3) is 5.91 Å². The second kappa shape index (κ2) is 9.44. The first-order valence-corrected chi connectivity index (χ1v) is 11.8. The number of hydrogen-bond acceptors (Lipinski definition) is 5. The van der Waals surface area contributed by atoms with Gasteiger partial charge in [0.15, 0.2) is 5.17 Å². The largest absolute Gasteiger partial charge is 0.329 e. The summed E-state index contributed by atoms with van der Waals surface area (Å²) in [7, 11) is 0. The minimum atomic E-state index is -0.744. The smallest absolute Gasteiger partial charge is 0.286 e. The molecule has 1 saturated heterocycles. The van der Waals surface area contributed by atoms with E-state index < -0.39 is 17.5 Å². The number of imidazole rings is 1. The number of aromatic nitrogens is 2. The van der Waals surface area contributed by atoms with Crippen molar-refractivity contribution in [1.82, 2.24) is 14.5 Å². The number of fused-ring (bicyclic) bond motifs is 1. The quantitative estimate of drug-likeness (QED) is 0.542. The van der Waals surface area contributed by atoms with Gasteiger partial charge in [0, 0.05) is 13.1 Å². The highest BCUT2D eigenvalue weighted by Crippen LogP contribution is 2.31. The summed E-state index contributed by atoms with van der Waals surface area (Å²) in [5.74, 6) is -1.93. The molecule has 9 heteroatoms. The van der Waals surface area contributed by atoms with Gasteiger partial charge < -0.3 is 14.8 Å². The van der Waals surface area contributed by atoms with E-state index in [2.05, 4.69) is 24.8 Å². The Morgan fingerprint density at radius 2 is 1.85 bits per heavy atom. The number of hydrogen-bond donors (Lipinski definition) is 1. The Labute approximate surface area is 194 Å². The van der Waals surface area contributed by atoms with Gasteiger partial charge in [0.2, 0.25) is 0 Å². The van der Waals surface area contributed by atoms with Gasteiger partial charge in [0.05, 0.1) is 22.3 Å². The number of halogens is 2. The van der Waals surface area contributed by atoms with Crippen LogP contribution in [0.3, 0.4) is 0 Å². The van der Waals surface area contributed by atoms with Crippen molar-refractivity contribution in [2.24, 2.45) is 4.99 Å². The summed E-state index contributed by atoms with van der Waals surface area (Å²) < 4.78 is 29.9. The molecule has 1 aromatic heterocycles. The number of amidine groups is 1. The molecule has 1 amide bonds. The van der Waals surface area contributed by atoms with Crippen LogP contribution in [0.4, 0.5) is 14.5 Å². The Bertz CT molecular complexity index is 1240. The molecule has 3 aromatic rings. The third kappa shape index (κ3) is 4.84. The van der Waals surface area contributed by atoms with Crippen LogP contribution in [0.1, 0.15) is 24.8 Å². The number of aliphatic imine (C=N–C) groups is 1.